The maximum atomic E-state index is 11.9. The molecule has 0 saturated heterocycles. The van der Waals surface area contributed by atoms with E-state index in [2.05, 4.69) is 43.1 Å². The van der Waals surface area contributed by atoms with Gasteiger partial charge < -0.3 is 16.0 Å². The number of aliphatic imine (C=N–C) groups is 1. The zero-order valence-corrected chi connectivity index (χ0v) is 19.5. The molecule has 1 aromatic carbocycles. The number of nitrogens with one attached hydrogen (secondary N) is 3. The van der Waals surface area contributed by atoms with Crippen LogP contribution in [0.15, 0.2) is 33.7 Å². The van der Waals surface area contributed by atoms with Crippen molar-refractivity contribution >= 4 is 69.2 Å². The molecule has 0 fully saturated rings. The van der Waals surface area contributed by atoms with Crippen LogP contribution in [0, 0.1) is 0 Å². The zero-order chi connectivity index (χ0) is 17.6. The maximum absolute atomic E-state index is 11.9. The fourth-order valence-corrected chi connectivity index (χ4v) is 2.70. The molecule has 0 bridgehead atoms. The normalized spacial score (nSPS) is 10.8. The van der Waals surface area contributed by atoms with Crippen molar-refractivity contribution in [2.24, 2.45) is 4.99 Å². The van der Waals surface area contributed by atoms with Crippen molar-refractivity contribution in [3.8, 4) is 0 Å². The minimum atomic E-state index is -0.0133. The molecule has 5 nitrogen and oxygen atoms in total. The predicted molar refractivity (Wildman–Crippen MR) is 124 cm³/mol. The molecule has 0 unspecified atom stereocenters. The van der Waals surface area contributed by atoms with Crippen LogP contribution in [0.25, 0.3) is 0 Å². The molecule has 25 heavy (non-hydrogen) atoms. The van der Waals surface area contributed by atoms with E-state index in [1.165, 1.54) is 12.2 Å². The summed E-state index contributed by atoms with van der Waals surface area (Å²) in [5, 5.41) is 9.28. The third kappa shape index (κ3) is 12.5. The van der Waals surface area contributed by atoms with E-state index in [0.29, 0.717) is 13.0 Å². The second kappa shape index (κ2) is 15.7. The lowest BCUT2D eigenvalue weighted by Gasteiger charge is -2.11. The monoisotopic (exact) mass is 542 g/mol. The van der Waals surface area contributed by atoms with Gasteiger partial charge in [0.2, 0.25) is 5.91 Å². The highest BCUT2D eigenvalue weighted by Gasteiger charge is 2.03. The van der Waals surface area contributed by atoms with Gasteiger partial charge in [-0.15, -0.1) is 24.0 Å². The van der Waals surface area contributed by atoms with Crippen molar-refractivity contribution < 1.29 is 4.79 Å². The Hall–Kier alpha value is -0.480. The Morgan fingerprint density at radius 1 is 1.20 bits per heavy atom. The minimum Gasteiger partial charge on any atom is -0.357 e. The van der Waals surface area contributed by atoms with Gasteiger partial charge in [-0.25, -0.2) is 0 Å². The highest BCUT2D eigenvalue weighted by atomic mass is 127. The smallest absolute Gasteiger partial charge is 0.226 e. The van der Waals surface area contributed by atoms with Crippen LogP contribution < -0.4 is 16.0 Å². The minimum absolute atomic E-state index is 0. The fourth-order valence-electron chi connectivity index (χ4n) is 1.94. The Labute approximate surface area is 180 Å². The number of guanidine groups is 1. The van der Waals surface area contributed by atoms with Gasteiger partial charge in [-0.1, -0.05) is 15.9 Å². The van der Waals surface area contributed by atoms with E-state index in [1.807, 2.05) is 43.0 Å². The highest BCUT2D eigenvalue weighted by molar-refractivity contribution is 14.0. The second-order valence-corrected chi connectivity index (χ2v) is 7.09. The van der Waals surface area contributed by atoms with E-state index in [1.54, 1.807) is 0 Å². The quantitative estimate of drug-likeness (QED) is 0.180. The number of benzene rings is 1. The molecule has 142 valence electrons. The Morgan fingerprint density at radius 2 is 1.92 bits per heavy atom. The van der Waals surface area contributed by atoms with E-state index in [4.69, 9.17) is 0 Å². The van der Waals surface area contributed by atoms with Crippen LogP contribution in [0.4, 0.5) is 5.69 Å². The number of hydrogen-bond donors (Lipinski definition) is 3. The number of amides is 1. The maximum Gasteiger partial charge on any atom is 0.226 e. The SMILES string of the molecule is CCNC(=NCCCCSC)NCCC(=O)Nc1ccc(Br)cc1.I. The summed E-state index contributed by atoms with van der Waals surface area (Å²) in [5.41, 5.74) is 0.803. The van der Waals surface area contributed by atoms with Crippen molar-refractivity contribution in [2.75, 3.05) is 37.0 Å². The number of rotatable bonds is 10. The summed E-state index contributed by atoms with van der Waals surface area (Å²) in [4.78, 5) is 16.5. The van der Waals surface area contributed by atoms with Crippen LogP contribution in [-0.2, 0) is 4.79 Å². The third-order valence-electron chi connectivity index (χ3n) is 3.14. The van der Waals surface area contributed by atoms with Crippen LogP contribution in [0.5, 0.6) is 0 Å². The lowest BCUT2D eigenvalue weighted by molar-refractivity contribution is -0.116. The number of carbonyl (C=O) groups excluding carboxylic acids is 1. The number of nitrogens with zero attached hydrogens (tertiary/aromatic N) is 1. The predicted octanol–water partition coefficient (Wildman–Crippen LogP) is 4.09. The molecule has 0 saturated carbocycles. The Kier molecular flexibility index (Phi) is 15.4. The number of anilines is 1. The Morgan fingerprint density at radius 3 is 2.56 bits per heavy atom. The number of hydrogen-bond acceptors (Lipinski definition) is 3. The van der Waals surface area contributed by atoms with Gasteiger partial charge in [0.05, 0.1) is 0 Å². The standard InChI is InChI=1S/C17H27BrN4OS.HI/c1-3-19-17(20-11-4-5-13-24-2)21-12-10-16(23)22-15-8-6-14(18)7-9-15;/h6-9H,3-5,10-13H2,1-2H3,(H,22,23)(H2,19,20,21);1H. The second-order valence-electron chi connectivity index (χ2n) is 5.19. The summed E-state index contributed by atoms with van der Waals surface area (Å²) in [6.07, 6.45) is 4.78. The molecule has 1 rings (SSSR count). The topological polar surface area (TPSA) is 65.5 Å². The highest BCUT2D eigenvalue weighted by Crippen LogP contribution is 2.14. The Balaban J connectivity index is 0.00000576. The molecule has 0 aliphatic rings. The van der Waals surface area contributed by atoms with Crippen molar-refractivity contribution in [1.29, 1.82) is 0 Å². The number of halogens is 2. The first-order valence-electron chi connectivity index (χ1n) is 8.22. The van der Waals surface area contributed by atoms with E-state index in [-0.39, 0.29) is 29.9 Å². The van der Waals surface area contributed by atoms with Gasteiger partial charge in [0.25, 0.3) is 0 Å². The van der Waals surface area contributed by atoms with Crippen LogP contribution in [0.1, 0.15) is 26.2 Å². The first-order valence-corrected chi connectivity index (χ1v) is 10.4. The first kappa shape index (κ1) is 24.5. The lowest BCUT2D eigenvalue weighted by Crippen LogP contribution is -2.38. The summed E-state index contributed by atoms with van der Waals surface area (Å²) in [6, 6.07) is 7.55. The van der Waals surface area contributed by atoms with Crippen molar-refractivity contribution in [1.82, 2.24) is 10.6 Å². The molecule has 1 amide bonds. The van der Waals surface area contributed by atoms with Crippen LogP contribution in [0.3, 0.4) is 0 Å². The molecule has 0 atom stereocenters. The number of carbonyl (C=O) groups is 1. The van der Waals surface area contributed by atoms with Crippen LogP contribution >= 0.6 is 51.7 Å². The van der Waals surface area contributed by atoms with Crippen molar-refractivity contribution in [2.45, 2.75) is 26.2 Å². The number of thioether (sulfide) groups is 1. The number of unbranched alkanes of at least 4 members (excludes halogenated alkanes) is 1. The molecule has 0 aliphatic heterocycles. The summed E-state index contributed by atoms with van der Waals surface area (Å²) in [5.74, 6) is 1.94. The fraction of sp³-hybridized carbons (Fsp3) is 0.529. The van der Waals surface area contributed by atoms with Crippen molar-refractivity contribution in [3.05, 3.63) is 28.7 Å². The van der Waals surface area contributed by atoms with E-state index < -0.39 is 0 Å². The molecule has 0 aromatic heterocycles. The van der Waals surface area contributed by atoms with Gasteiger partial charge in [0.15, 0.2) is 5.96 Å². The Bertz CT molecular complexity index is 514. The molecule has 0 heterocycles. The summed E-state index contributed by atoms with van der Waals surface area (Å²) >= 11 is 5.24. The molecule has 0 radical (unpaired) electrons. The van der Waals surface area contributed by atoms with Gasteiger partial charge in [0.1, 0.15) is 0 Å². The average molecular weight is 543 g/mol. The van der Waals surface area contributed by atoms with Crippen LogP contribution in [0.2, 0.25) is 0 Å². The van der Waals surface area contributed by atoms with E-state index in [0.717, 1.165) is 35.6 Å². The summed E-state index contributed by atoms with van der Waals surface area (Å²) < 4.78 is 0.992. The molecule has 3 N–H and O–H groups in total. The van der Waals surface area contributed by atoms with Crippen molar-refractivity contribution in [3.63, 3.8) is 0 Å². The van der Waals surface area contributed by atoms with Gasteiger partial charge in [-0.05, 0) is 56.0 Å². The van der Waals surface area contributed by atoms with E-state index >= 15 is 0 Å². The summed E-state index contributed by atoms with van der Waals surface area (Å²) in [7, 11) is 0. The molecule has 1 aromatic rings. The van der Waals surface area contributed by atoms with Gasteiger partial charge in [0, 0.05) is 36.2 Å². The van der Waals surface area contributed by atoms with Crippen LogP contribution in [-0.4, -0.2) is 43.5 Å². The average Bonchev–Trinajstić information content (AvgIpc) is 2.56. The van der Waals surface area contributed by atoms with Gasteiger partial charge in [-0.2, -0.15) is 11.8 Å². The molecular weight excluding hydrogens is 515 g/mol. The molecule has 0 aliphatic carbocycles. The summed E-state index contributed by atoms with van der Waals surface area (Å²) in [6.45, 7) is 4.20. The van der Waals surface area contributed by atoms with Gasteiger partial charge in [-0.3, -0.25) is 9.79 Å². The zero-order valence-electron chi connectivity index (χ0n) is 14.8. The largest absolute Gasteiger partial charge is 0.357 e. The first-order chi connectivity index (χ1) is 11.7. The lowest BCUT2D eigenvalue weighted by atomic mass is 10.3. The molecule has 8 heteroatoms. The van der Waals surface area contributed by atoms with E-state index in [9.17, 15) is 4.79 Å². The third-order valence-corrected chi connectivity index (χ3v) is 4.37. The molecular formula is C17H28BrIN4OS. The molecule has 0 spiro atoms. The van der Waals surface area contributed by atoms with Gasteiger partial charge >= 0.3 is 0 Å².